The Morgan fingerprint density at radius 3 is 2.58 bits per heavy atom. The maximum atomic E-state index is 12.8. The first-order valence-corrected chi connectivity index (χ1v) is 11.0. The molecule has 2 aromatic rings. The zero-order chi connectivity index (χ0) is 21.6. The van der Waals surface area contributed by atoms with Crippen LogP contribution in [0.25, 0.3) is 0 Å². The van der Waals surface area contributed by atoms with Crippen LogP contribution in [0.1, 0.15) is 18.4 Å². The van der Waals surface area contributed by atoms with Gasteiger partial charge in [0.2, 0.25) is 5.91 Å². The summed E-state index contributed by atoms with van der Waals surface area (Å²) in [4.78, 5) is 28.7. The van der Waals surface area contributed by atoms with E-state index in [-0.39, 0.29) is 11.8 Å². The van der Waals surface area contributed by atoms with Crippen LogP contribution in [0.3, 0.4) is 0 Å². The van der Waals surface area contributed by atoms with Gasteiger partial charge in [-0.15, -0.1) is 0 Å². The molecule has 2 saturated heterocycles. The molecule has 0 atom stereocenters. The number of methoxy groups -OCH3 is 1. The molecule has 166 valence electrons. The van der Waals surface area contributed by atoms with Crippen LogP contribution in [0.4, 0.5) is 11.5 Å². The molecule has 1 aromatic heterocycles. The summed E-state index contributed by atoms with van der Waals surface area (Å²) in [5.74, 6) is 1.97. The highest BCUT2D eigenvalue weighted by Gasteiger charge is 2.28. The molecule has 2 aliphatic heterocycles. The molecule has 0 spiro atoms. The number of anilines is 2. The molecule has 31 heavy (non-hydrogen) atoms. The van der Waals surface area contributed by atoms with E-state index in [1.165, 1.54) is 0 Å². The fourth-order valence-electron chi connectivity index (χ4n) is 4.36. The fourth-order valence-corrected chi connectivity index (χ4v) is 4.36. The fraction of sp³-hybridized carbons (Fsp3) is 0.522. The van der Waals surface area contributed by atoms with Crippen LogP contribution in [0, 0.1) is 5.92 Å². The highest BCUT2D eigenvalue weighted by atomic mass is 16.5. The summed E-state index contributed by atoms with van der Waals surface area (Å²) in [7, 11) is 3.81. The van der Waals surface area contributed by atoms with Crippen molar-refractivity contribution in [1.29, 1.82) is 0 Å². The lowest BCUT2D eigenvalue weighted by molar-refractivity contribution is -0.125. The summed E-state index contributed by atoms with van der Waals surface area (Å²) in [6, 6.07) is 7.79. The van der Waals surface area contributed by atoms with Gasteiger partial charge in [0.05, 0.1) is 19.0 Å². The van der Waals surface area contributed by atoms with Crippen molar-refractivity contribution in [2.75, 3.05) is 63.2 Å². The Morgan fingerprint density at radius 2 is 1.84 bits per heavy atom. The molecular weight excluding hydrogens is 392 g/mol. The molecule has 0 unspecified atom stereocenters. The van der Waals surface area contributed by atoms with Crippen LogP contribution >= 0.6 is 0 Å². The second-order valence-corrected chi connectivity index (χ2v) is 8.31. The first kappa shape index (κ1) is 21.4. The number of aromatic nitrogens is 2. The van der Waals surface area contributed by atoms with Gasteiger partial charge in [0, 0.05) is 57.3 Å². The molecule has 0 bridgehead atoms. The van der Waals surface area contributed by atoms with E-state index in [1.807, 2.05) is 30.5 Å². The molecule has 1 aromatic carbocycles. The second kappa shape index (κ2) is 9.96. The van der Waals surface area contributed by atoms with Crippen molar-refractivity contribution in [3.63, 3.8) is 0 Å². The van der Waals surface area contributed by atoms with Gasteiger partial charge < -0.3 is 24.8 Å². The number of hydrogen-bond acceptors (Lipinski definition) is 7. The second-order valence-electron chi connectivity index (χ2n) is 8.31. The summed E-state index contributed by atoms with van der Waals surface area (Å²) in [5.41, 5.74) is 2.08. The molecule has 8 heteroatoms. The Bertz CT molecular complexity index is 876. The smallest absolute Gasteiger partial charge is 0.223 e. The number of rotatable bonds is 6. The van der Waals surface area contributed by atoms with E-state index in [1.54, 1.807) is 13.4 Å². The molecular formula is C23H32N6O2. The van der Waals surface area contributed by atoms with Crippen LogP contribution in [0.2, 0.25) is 0 Å². The quantitative estimate of drug-likeness (QED) is 0.758. The third kappa shape index (κ3) is 5.07. The van der Waals surface area contributed by atoms with Gasteiger partial charge in [-0.1, -0.05) is 18.2 Å². The minimum Gasteiger partial charge on any atom is -0.496 e. The Balaban J connectivity index is 1.33. The van der Waals surface area contributed by atoms with Gasteiger partial charge in [0.1, 0.15) is 12.1 Å². The summed E-state index contributed by atoms with van der Waals surface area (Å²) in [5, 5.41) is 3.09. The van der Waals surface area contributed by atoms with Gasteiger partial charge in [-0.25, -0.2) is 9.97 Å². The number of hydrogen-bond donors (Lipinski definition) is 1. The summed E-state index contributed by atoms with van der Waals surface area (Å²) >= 11 is 0. The number of likely N-dealkylation sites (N-methyl/N-ethyl adjacent to an activating group) is 1. The lowest BCUT2D eigenvalue weighted by atomic mass is 9.95. The van der Waals surface area contributed by atoms with E-state index >= 15 is 0 Å². The molecule has 0 aliphatic carbocycles. The average Bonchev–Trinajstić information content (AvgIpc) is 2.83. The maximum Gasteiger partial charge on any atom is 0.223 e. The van der Waals surface area contributed by atoms with E-state index in [9.17, 15) is 4.79 Å². The third-order valence-corrected chi connectivity index (χ3v) is 6.33. The molecule has 8 nitrogen and oxygen atoms in total. The van der Waals surface area contributed by atoms with E-state index in [0.717, 1.165) is 74.9 Å². The van der Waals surface area contributed by atoms with Gasteiger partial charge in [-0.05, 0) is 26.0 Å². The zero-order valence-electron chi connectivity index (χ0n) is 18.5. The van der Waals surface area contributed by atoms with Gasteiger partial charge in [-0.3, -0.25) is 4.79 Å². The van der Waals surface area contributed by atoms with E-state index in [0.29, 0.717) is 6.54 Å². The average molecular weight is 425 g/mol. The van der Waals surface area contributed by atoms with E-state index in [2.05, 4.69) is 37.0 Å². The Labute approximate surface area is 184 Å². The molecule has 1 amide bonds. The lowest BCUT2D eigenvalue weighted by Crippen LogP contribution is -2.46. The summed E-state index contributed by atoms with van der Waals surface area (Å²) < 4.78 is 5.38. The van der Waals surface area contributed by atoms with E-state index in [4.69, 9.17) is 4.74 Å². The number of carbonyl (C=O) groups excluding carboxylic acids is 1. The number of ether oxygens (including phenoxy) is 1. The molecule has 3 heterocycles. The van der Waals surface area contributed by atoms with Crippen molar-refractivity contribution in [3.8, 4) is 5.75 Å². The molecule has 2 aliphatic rings. The lowest BCUT2D eigenvalue weighted by Gasteiger charge is -2.38. The Morgan fingerprint density at radius 1 is 1.10 bits per heavy atom. The summed E-state index contributed by atoms with van der Waals surface area (Å²) in [6.07, 6.45) is 5.21. The van der Waals surface area contributed by atoms with Crippen molar-refractivity contribution in [3.05, 3.63) is 42.4 Å². The first-order valence-electron chi connectivity index (χ1n) is 11.0. The molecule has 0 radical (unpaired) electrons. The molecule has 2 fully saturated rings. The SMILES string of the molecule is COc1ccccc1CNC(=O)C1CCN(c2cncnc2N2CCN(C)CC2)CC1. The highest BCUT2D eigenvalue weighted by Crippen LogP contribution is 2.30. The van der Waals surface area contributed by atoms with Gasteiger partial charge >= 0.3 is 0 Å². The van der Waals surface area contributed by atoms with Crippen LogP contribution in [-0.4, -0.2) is 74.2 Å². The largest absolute Gasteiger partial charge is 0.496 e. The predicted octanol–water partition coefficient (Wildman–Crippen LogP) is 1.77. The third-order valence-electron chi connectivity index (χ3n) is 6.33. The van der Waals surface area contributed by atoms with Crippen LogP contribution < -0.4 is 19.9 Å². The van der Waals surface area contributed by atoms with Crippen molar-refractivity contribution in [2.45, 2.75) is 19.4 Å². The number of benzene rings is 1. The number of nitrogens with zero attached hydrogens (tertiary/aromatic N) is 5. The normalized spacial score (nSPS) is 18.1. The Kier molecular flexibility index (Phi) is 6.86. The highest BCUT2D eigenvalue weighted by molar-refractivity contribution is 5.79. The minimum atomic E-state index is 0.0303. The van der Waals surface area contributed by atoms with E-state index < -0.39 is 0 Å². The van der Waals surface area contributed by atoms with Crippen molar-refractivity contribution in [2.24, 2.45) is 5.92 Å². The number of piperidine rings is 1. The number of para-hydroxylation sites is 1. The monoisotopic (exact) mass is 424 g/mol. The number of amides is 1. The predicted molar refractivity (Wildman–Crippen MR) is 122 cm³/mol. The van der Waals surface area contributed by atoms with Crippen LogP contribution in [0.15, 0.2) is 36.8 Å². The molecule has 4 rings (SSSR count). The van der Waals surface area contributed by atoms with Crippen LogP contribution in [0.5, 0.6) is 5.75 Å². The molecule has 1 N–H and O–H groups in total. The zero-order valence-corrected chi connectivity index (χ0v) is 18.5. The summed E-state index contributed by atoms with van der Waals surface area (Å²) in [6.45, 7) is 6.19. The molecule has 0 saturated carbocycles. The first-order chi connectivity index (χ1) is 15.2. The number of nitrogens with one attached hydrogen (secondary N) is 1. The van der Waals surface area contributed by atoms with Gasteiger partial charge in [0.25, 0.3) is 0 Å². The van der Waals surface area contributed by atoms with Crippen molar-refractivity contribution in [1.82, 2.24) is 20.2 Å². The van der Waals surface area contributed by atoms with Gasteiger partial charge in [0.15, 0.2) is 5.82 Å². The standard InChI is InChI=1S/C23H32N6O2/c1-27-11-13-29(14-12-27)22-20(16-24-17-26-22)28-9-7-18(8-10-28)23(30)25-15-19-5-3-4-6-21(19)31-2/h3-6,16-18H,7-15H2,1-2H3,(H,25,30). The Hall–Kier alpha value is -2.87. The number of piperazine rings is 1. The van der Waals surface area contributed by atoms with Crippen LogP contribution in [-0.2, 0) is 11.3 Å². The topological polar surface area (TPSA) is 73.8 Å². The van der Waals surface area contributed by atoms with Crippen molar-refractivity contribution >= 4 is 17.4 Å². The maximum absolute atomic E-state index is 12.8. The number of carbonyl (C=O) groups is 1. The van der Waals surface area contributed by atoms with Crippen molar-refractivity contribution < 1.29 is 9.53 Å². The van der Waals surface area contributed by atoms with Gasteiger partial charge in [-0.2, -0.15) is 0 Å². The minimum absolute atomic E-state index is 0.0303.